The Kier molecular flexibility index (Phi) is 7.61. The maximum atomic E-state index is 12.3. The predicted molar refractivity (Wildman–Crippen MR) is 108 cm³/mol. The van der Waals surface area contributed by atoms with Crippen LogP contribution < -0.4 is 10.9 Å². The van der Waals surface area contributed by atoms with Gasteiger partial charge in [0.1, 0.15) is 5.00 Å². The molecule has 2 rings (SSSR count). The number of hydrogen-bond acceptors (Lipinski definition) is 7. The van der Waals surface area contributed by atoms with E-state index in [9.17, 15) is 14.4 Å². The smallest absolute Gasteiger partial charge is 0.341 e. The molecule has 0 radical (unpaired) electrons. The Balaban J connectivity index is 2.08. The molecule has 7 nitrogen and oxygen atoms in total. The Hall–Kier alpha value is -2.13. The van der Waals surface area contributed by atoms with Gasteiger partial charge in [0, 0.05) is 16.6 Å². The predicted octanol–water partition coefficient (Wildman–Crippen LogP) is 3.31. The molecule has 0 aliphatic rings. The molecule has 0 fully saturated rings. The number of nitrogens with one attached hydrogen (secondary N) is 2. The molecule has 0 unspecified atom stereocenters. The lowest BCUT2D eigenvalue weighted by atomic mass is 10.1. The van der Waals surface area contributed by atoms with E-state index in [1.54, 1.807) is 6.92 Å². The first kappa shape index (κ1) is 21.2. The summed E-state index contributed by atoms with van der Waals surface area (Å²) in [6.07, 6.45) is 1.59. The summed E-state index contributed by atoms with van der Waals surface area (Å²) in [5.74, 6) is -0.660. The van der Waals surface area contributed by atoms with Crippen molar-refractivity contribution in [3.05, 3.63) is 38.1 Å². The number of nitrogens with zero attached hydrogens (tertiary/aromatic N) is 1. The monoisotopic (exact) mass is 409 g/mol. The highest BCUT2D eigenvalue weighted by atomic mass is 32.2. The van der Waals surface area contributed by atoms with Crippen LogP contribution in [-0.2, 0) is 16.0 Å². The highest BCUT2D eigenvalue weighted by Crippen LogP contribution is 2.33. The highest BCUT2D eigenvalue weighted by Gasteiger charge is 2.22. The van der Waals surface area contributed by atoms with Crippen molar-refractivity contribution in [2.75, 3.05) is 17.7 Å². The van der Waals surface area contributed by atoms with Crippen molar-refractivity contribution < 1.29 is 14.3 Å². The van der Waals surface area contributed by atoms with E-state index < -0.39 is 5.97 Å². The molecule has 0 saturated heterocycles. The van der Waals surface area contributed by atoms with Crippen LogP contribution in [0.1, 0.15) is 46.8 Å². The van der Waals surface area contributed by atoms with Gasteiger partial charge in [-0.25, -0.2) is 9.78 Å². The molecule has 2 heterocycles. The van der Waals surface area contributed by atoms with Gasteiger partial charge in [0.05, 0.1) is 17.9 Å². The quantitative estimate of drug-likeness (QED) is 0.394. The van der Waals surface area contributed by atoms with Crippen LogP contribution in [0.5, 0.6) is 0 Å². The second-order valence-electron chi connectivity index (χ2n) is 5.84. The van der Waals surface area contributed by atoms with Gasteiger partial charge in [-0.15, -0.1) is 11.3 Å². The maximum absolute atomic E-state index is 12.3. The van der Waals surface area contributed by atoms with Gasteiger partial charge in [0.15, 0.2) is 5.16 Å². The Morgan fingerprint density at radius 1 is 1.33 bits per heavy atom. The summed E-state index contributed by atoms with van der Waals surface area (Å²) in [4.78, 5) is 44.1. The molecule has 0 aromatic carbocycles. The van der Waals surface area contributed by atoms with Crippen molar-refractivity contribution >= 4 is 40.0 Å². The van der Waals surface area contributed by atoms with Gasteiger partial charge in [0.25, 0.3) is 5.56 Å². The zero-order valence-electron chi connectivity index (χ0n) is 15.8. The number of aromatic nitrogens is 2. The molecule has 0 aliphatic heterocycles. The zero-order chi connectivity index (χ0) is 20.0. The normalized spacial score (nSPS) is 10.7. The van der Waals surface area contributed by atoms with Crippen molar-refractivity contribution in [2.24, 2.45) is 0 Å². The van der Waals surface area contributed by atoms with E-state index in [1.165, 1.54) is 17.4 Å². The first-order valence-electron chi connectivity index (χ1n) is 8.65. The Morgan fingerprint density at radius 3 is 2.74 bits per heavy atom. The molecule has 2 N–H and O–H groups in total. The van der Waals surface area contributed by atoms with Gasteiger partial charge in [-0.05, 0) is 32.8 Å². The SMILES string of the molecule is CCCc1cc(=O)[nH]c(SCC(=O)Nc2sc(C)c(C)c2C(=O)OCC)n1. The summed E-state index contributed by atoms with van der Waals surface area (Å²) in [7, 11) is 0. The first-order valence-corrected chi connectivity index (χ1v) is 10.5. The van der Waals surface area contributed by atoms with Crippen LogP contribution >= 0.6 is 23.1 Å². The number of hydrogen-bond donors (Lipinski definition) is 2. The minimum atomic E-state index is -0.444. The molecule has 2 aromatic heterocycles. The van der Waals surface area contributed by atoms with Gasteiger partial charge >= 0.3 is 5.97 Å². The van der Waals surface area contributed by atoms with Gasteiger partial charge in [-0.3, -0.25) is 9.59 Å². The third kappa shape index (κ3) is 5.67. The minimum absolute atomic E-state index is 0.0662. The van der Waals surface area contributed by atoms with E-state index in [1.807, 2.05) is 20.8 Å². The van der Waals surface area contributed by atoms with E-state index in [4.69, 9.17) is 4.74 Å². The second kappa shape index (κ2) is 9.70. The van der Waals surface area contributed by atoms with Crippen LogP contribution in [0.2, 0.25) is 0 Å². The third-order valence-corrected chi connectivity index (χ3v) is 5.73. The van der Waals surface area contributed by atoms with E-state index in [0.29, 0.717) is 27.8 Å². The van der Waals surface area contributed by atoms with Crippen molar-refractivity contribution in [3.8, 4) is 0 Å². The first-order chi connectivity index (χ1) is 12.8. The molecule has 0 spiro atoms. The van der Waals surface area contributed by atoms with Crippen LogP contribution in [0.25, 0.3) is 0 Å². The molecule has 146 valence electrons. The van der Waals surface area contributed by atoms with E-state index >= 15 is 0 Å². The lowest BCUT2D eigenvalue weighted by Gasteiger charge is -2.07. The number of thiophene rings is 1. The summed E-state index contributed by atoms with van der Waals surface area (Å²) in [6.45, 7) is 7.73. The number of esters is 1. The van der Waals surface area contributed by atoms with Crippen molar-refractivity contribution in [1.82, 2.24) is 9.97 Å². The number of rotatable bonds is 8. The molecule has 0 aliphatic carbocycles. The number of H-pyrrole nitrogens is 1. The van der Waals surface area contributed by atoms with Gasteiger partial charge in [-0.2, -0.15) is 0 Å². The molecular formula is C18H23N3O4S2. The Bertz CT molecular complexity index is 889. The average molecular weight is 410 g/mol. The van der Waals surface area contributed by atoms with Crippen molar-refractivity contribution in [1.29, 1.82) is 0 Å². The lowest BCUT2D eigenvalue weighted by Crippen LogP contribution is -2.17. The average Bonchev–Trinajstić information content (AvgIpc) is 2.87. The van der Waals surface area contributed by atoms with Crippen LogP contribution in [0.3, 0.4) is 0 Å². The molecule has 0 saturated carbocycles. The number of aromatic amines is 1. The minimum Gasteiger partial charge on any atom is -0.462 e. The van der Waals surface area contributed by atoms with Crippen molar-refractivity contribution in [3.63, 3.8) is 0 Å². The van der Waals surface area contributed by atoms with Crippen LogP contribution in [0.4, 0.5) is 5.00 Å². The molecular weight excluding hydrogens is 386 g/mol. The summed E-state index contributed by atoms with van der Waals surface area (Å²) >= 11 is 2.49. The number of anilines is 1. The third-order valence-electron chi connectivity index (χ3n) is 3.74. The van der Waals surface area contributed by atoms with E-state index in [-0.39, 0.29) is 23.8 Å². The zero-order valence-corrected chi connectivity index (χ0v) is 17.4. The molecule has 1 amide bonds. The standard InChI is InChI=1S/C18H23N3O4S2/c1-5-7-12-8-13(22)21-18(19-12)26-9-14(23)20-16-15(17(24)25-6-2)10(3)11(4)27-16/h8H,5-7,9H2,1-4H3,(H,20,23)(H,19,21,22). The summed E-state index contributed by atoms with van der Waals surface area (Å²) in [5.41, 5.74) is 1.68. The number of thioether (sulfide) groups is 1. The van der Waals surface area contributed by atoms with Crippen LogP contribution in [-0.4, -0.2) is 34.2 Å². The molecule has 2 aromatic rings. The van der Waals surface area contributed by atoms with Crippen molar-refractivity contribution in [2.45, 2.75) is 45.7 Å². The molecule has 27 heavy (non-hydrogen) atoms. The Labute approximate surface area is 165 Å². The highest BCUT2D eigenvalue weighted by molar-refractivity contribution is 7.99. The number of carbonyl (C=O) groups is 2. The van der Waals surface area contributed by atoms with Gasteiger partial charge in [0.2, 0.25) is 5.91 Å². The number of ether oxygens (including phenoxy) is 1. The molecule has 0 atom stereocenters. The lowest BCUT2D eigenvalue weighted by molar-refractivity contribution is -0.113. The summed E-state index contributed by atoms with van der Waals surface area (Å²) in [5, 5.41) is 3.66. The number of aryl methyl sites for hydroxylation is 2. The second-order valence-corrected chi connectivity index (χ2v) is 8.03. The maximum Gasteiger partial charge on any atom is 0.341 e. The fraction of sp³-hybridized carbons (Fsp3) is 0.444. The Morgan fingerprint density at radius 2 is 2.07 bits per heavy atom. The number of amides is 1. The molecule has 0 bridgehead atoms. The largest absolute Gasteiger partial charge is 0.462 e. The van der Waals surface area contributed by atoms with Crippen LogP contribution in [0.15, 0.2) is 16.0 Å². The van der Waals surface area contributed by atoms with E-state index in [0.717, 1.165) is 28.6 Å². The molecule has 9 heteroatoms. The van der Waals surface area contributed by atoms with E-state index in [2.05, 4.69) is 15.3 Å². The topological polar surface area (TPSA) is 101 Å². The summed E-state index contributed by atoms with van der Waals surface area (Å²) < 4.78 is 5.08. The fourth-order valence-electron chi connectivity index (χ4n) is 2.40. The fourth-order valence-corrected chi connectivity index (χ4v) is 4.16. The van der Waals surface area contributed by atoms with Gasteiger partial charge < -0.3 is 15.0 Å². The van der Waals surface area contributed by atoms with Crippen LogP contribution in [0, 0.1) is 13.8 Å². The summed E-state index contributed by atoms with van der Waals surface area (Å²) in [6, 6.07) is 1.47. The number of carbonyl (C=O) groups excluding carboxylic acids is 2. The van der Waals surface area contributed by atoms with Gasteiger partial charge in [-0.1, -0.05) is 25.1 Å².